The van der Waals surface area contributed by atoms with Gasteiger partial charge < -0.3 is 9.84 Å². The number of ether oxygens (including phenoxy) is 1. The Balaban J connectivity index is 1.75. The van der Waals surface area contributed by atoms with E-state index in [1.54, 1.807) is 6.08 Å². The van der Waals surface area contributed by atoms with Crippen LogP contribution >= 0.6 is 0 Å². The molecule has 0 aromatic rings. The Hall–Kier alpha value is -1.49. The van der Waals surface area contributed by atoms with Crippen LogP contribution in [-0.4, -0.2) is 34.3 Å². The minimum atomic E-state index is -1.25. The lowest BCUT2D eigenvalue weighted by Gasteiger charge is -2.60. The molecule has 4 aliphatic carbocycles. The third-order valence-corrected chi connectivity index (χ3v) is 9.00. The molecule has 0 aromatic heterocycles. The van der Waals surface area contributed by atoms with E-state index in [0.29, 0.717) is 25.2 Å². The van der Waals surface area contributed by atoms with E-state index in [2.05, 4.69) is 13.8 Å². The summed E-state index contributed by atoms with van der Waals surface area (Å²) in [6.07, 6.45) is 6.48. The molecule has 5 heteroatoms. The van der Waals surface area contributed by atoms with Gasteiger partial charge in [-0.15, -0.1) is 0 Å². The van der Waals surface area contributed by atoms with Gasteiger partial charge in [-0.05, 0) is 80.3 Å². The van der Waals surface area contributed by atoms with Crippen molar-refractivity contribution in [2.24, 2.45) is 28.6 Å². The molecule has 28 heavy (non-hydrogen) atoms. The highest BCUT2D eigenvalue weighted by molar-refractivity contribution is 5.92. The number of fused-ring (bicyclic) bond motifs is 5. The van der Waals surface area contributed by atoms with E-state index in [0.717, 1.165) is 31.3 Å². The highest BCUT2D eigenvalue weighted by Gasteiger charge is 2.66. The molecular formula is C23H32O5. The maximum atomic E-state index is 12.4. The van der Waals surface area contributed by atoms with Gasteiger partial charge in [-0.2, -0.15) is 0 Å². The summed E-state index contributed by atoms with van der Waals surface area (Å²) in [5.74, 6) is 0.580. The molecule has 154 valence electrons. The standard InChI is InChI=1S/C23H32O5/c1-13(24)23(27)10-7-18-16-12-20(28-14(2)25)19-11-15(26)5-8-21(19,3)17(16)6-9-22(18,23)4/h11,16-18,20,27H,5-10,12H2,1-4H3/t16-,17+,18+,20+,21+,22-,23+/m0/s1. The van der Waals surface area contributed by atoms with E-state index in [1.165, 1.54) is 13.8 Å². The summed E-state index contributed by atoms with van der Waals surface area (Å²) in [6.45, 7) is 7.25. The van der Waals surface area contributed by atoms with Crippen LogP contribution in [0.15, 0.2) is 11.6 Å². The van der Waals surface area contributed by atoms with Crippen LogP contribution in [-0.2, 0) is 19.1 Å². The molecule has 1 N–H and O–H groups in total. The molecule has 0 amide bonds. The van der Waals surface area contributed by atoms with Crippen molar-refractivity contribution in [2.45, 2.75) is 84.3 Å². The molecular weight excluding hydrogens is 356 g/mol. The summed E-state index contributed by atoms with van der Waals surface area (Å²) in [5.41, 5.74) is -0.847. The topological polar surface area (TPSA) is 80.7 Å². The van der Waals surface area contributed by atoms with Gasteiger partial charge in [0, 0.05) is 18.8 Å². The summed E-state index contributed by atoms with van der Waals surface area (Å²) < 4.78 is 5.72. The molecule has 0 aliphatic heterocycles. The Morgan fingerprint density at radius 2 is 1.79 bits per heavy atom. The quantitative estimate of drug-likeness (QED) is 0.734. The second-order valence-corrected chi connectivity index (χ2v) is 10.1. The van der Waals surface area contributed by atoms with Crippen LogP contribution in [0, 0.1) is 28.6 Å². The van der Waals surface area contributed by atoms with Crippen molar-refractivity contribution in [1.82, 2.24) is 0 Å². The van der Waals surface area contributed by atoms with Gasteiger partial charge in [0.1, 0.15) is 11.7 Å². The molecule has 0 radical (unpaired) electrons. The number of Topliss-reactive ketones (excluding diaryl/α,β-unsaturated/α-hetero) is 1. The first kappa shape index (κ1) is 19.8. The average molecular weight is 389 g/mol. The Kier molecular flexibility index (Phi) is 4.42. The number of hydrogen-bond donors (Lipinski definition) is 1. The number of esters is 1. The molecule has 4 aliphatic rings. The molecule has 5 nitrogen and oxygen atoms in total. The van der Waals surface area contributed by atoms with Gasteiger partial charge in [-0.1, -0.05) is 13.8 Å². The van der Waals surface area contributed by atoms with Crippen molar-refractivity contribution in [3.05, 3.63) is 11.6 Å². The van der Waals surface area contributed by atoms with Crippen LogP contribution < -0.4 is 0 Å². The maximum Gasteiger partial charge on any atom is 0.303 e. The lowest BCUT2D eigenvalue weighted by Crippen LogP contribution is -2.58. The Bertz CT molecular complexity index is 769. The Morgan fingerprint density at radius 1 is 1.11 bits per heavy atom. The Labute approximate surface area is 166 Å². The van der Waals surface area contributed by atoms with Crippen molar-refractivity contribution in [3.8, 4) is 0 Å². The number of carbonyl (C=O) groups is 3. The van der Waals surface area contributed by atoms with Gasteiger partial charge in [0.05, 0.1) is 0 Å². The summed E-state index contributed by atoms with van der Waals surface area (Å²) in [7, 11) is 0. The minimum absolute atomic E-state index is 0.121. The first-order valence-corrected chi connectivity index (χ1v) is 10.7. The predicted molar refractivity (Wildman–Crippen MR) is 103 cm³/mol. The molecule has 0 aromatic carbocycles. The van der Waals surface area contributed by atoms with Crippen molar-refractivity contribution >= 4 is 17.5 Å². The van der Waals surface area contributed by atoms with Crippen LogP contribution in [0.4, 0.5) is 0 Å². The van der Waals surface area contributed by atoms with Crippen LogP contribution in [0.3, 0.4) is 0 Å². The van der Waals surface area contributed by atoms with Crippen LogP contribution in [0.2, 0.25) is 0 Å². The second-order valence-electron chi connectivity index (χ2n) is 10.1. The monoisotopic (exact) mass is 388 g/mol. The van der Waals surface area contributed by atoms with Crippen LogP contribution in [0.25, 0.3) is 0 Å². The molecule has 0 spiro atoms. The van der Waals surface area contributed by atoms with Gasteiger partial charge in [0.25, 0.3) is 0 Å². The van der Waals surface area contributed by atoms with Crippen molar-refractivity contribution in [3.63, 3.8) is 0 Å². The molecule has 0 unspecified atom stereocenters. The van der Waals surface area contributed by atoms with Crippen molar-refractivity contribution in [2.75, 3.05) is 0 Å². The van der Waals surface area contributed by atoms with Crippen molar-refractivity contribution in [1.29, 1.82) is 0 Å². The predicted octanol–water partition coefficient (Wildman–Crippen LogP) is 3.38. The summed E-state index contributed by atoms with van der Waals surface area (Å²) in [5, 5.41) is 11.3. The molecule has 3 saturated carbocycles. The molecule has 3 fully saturated rings. The molecule has 7 atom stereocenters. The lowest BCUT2D eigenvalue weighted by molar-refractivity contribution is -0.167. The number of carbonyl (C=O) groups excluding carboxylic acids is 3. The number of hydrogen-bond acceptors (Lipinski definition) is 5. The van der Waals surface area contributed by atoms with Crippen LogP contribution in [0.5, 0.6) is 0 Å². The lowest BCUT2D eigenvalue weighted by atomic mass is 9.45. The molecule has 4 rings (SSSR count). The zero-order chi connectivity index (χ0) is 20.5. The van der Waals surface area contributed by atoms with E-state index in [9.17, 15) is 19.5 Å². The van der Waals surface area contributed by atoms with Gasteiger partial charge in [0.2, 0.25) is 0 Å². The number of rotatable bonds is 2. The van der Waals surface area contributed by atoms with Gasteiger partial charge in [0.15, 0.2) is 11.6 Å². The SMILES string of the molecule is CC(=O)O[C@@H]1C[C@H]2[C@@H](CC[C@@]3(C)[C@@H]2CC[C@@]3(O)C(C)=O)[C@@]2(C)CCC(=O)C=C12. The zero-order valence-corrected chi connectivity index (χ0v) is 17.4. The van der Waals surface area contributed by atoms with E-state index in [4.69, 9.17) is 4.74 Å². The maximum absolute atomic E-state index is 12.4. The molecule has 0 saturated heterocycles. The minimum Gasteiger partial charge on any atom is -0.458 e. The zero-order valence-electron chi connectivity index (χ0n) is 17.4. The summed E-state index contributed by atoms with van der Waals surface area (Å²) >= 11 is 0. The summed E-state index contributed by atoms with van der Waals surface area (Å²) in [4.78, 5) is 36.3. The Morgan fingerprint density at radius 3 is 2.43 bits per heavy atom. The largest absolute Gasteiger partial charge is 0.458 e. The first-order valence-electron chi connectivity index (χ1n) is 10.7. The van der Waals surface area contributed by atoms with E-state index in [1.807, 2.05) is 0 Å². The smallest absolute Gasteiger partial charge is 0.303 e. The summed E-state index contributed by atoms with van der Waals surface area (Å²) in [6, 6.07) is 0. The normalized spacial score (nSPS) is 47.5. The third-order valence-electron chi connectivity index (χ3n) is 9.00. The van der Waals surface area contributed by atoms with Gasteiger partial charge >= 0.3 is 5.97 Å². The van der Waals surface area contributed by atoms with E-state index in [-0.39, 0.29) is 40.9 Å². The fraction of sp³-hybridized carbons (Fsp3) is 0.783. The van der Waals surface area contributed by atoms with E-state index < -0.39 is 11.0 Å². The number of ketones is 2. The first-order chi connectivity index (χ1) is 13.0. The highest BCUT2D eigenvalue weighted by atomic mass is 16.5. The average Bonchev–Trinajstić information content (AvgIpc) is 2.89. The third kappa shape index (κ3) is 2.51. The van der Waals surface area contributed by atoms with Crippen LogP contribution in [0.1, 0.15) is 72.6 Å². The number of aliphatic hydroxyl groups is 1. The highest BCUT2D eigenvalue weighted by Crippen LogP contribution is 2.67. The van der Waals surface area contributed by atoms with Gasteiger partial charge in [-0.3, -0.25) is 14.4 Å². The van der Waals surface area contributed by atoms with Crippen molar-refractivity contribution < 1.29 is 24.2 Å². The fourth-order valence-corrected chi connectivity index (χ4v) is 7.49. The second kappa shape index (κ2) is 6.25. The van der Waals surface area contributed by atoms with E-state index >= 15 is 0 Å². The molecule has 0 heterocycles. The van der Waals surface area contributed by atoms with Gasteiger partial charge in [-0.25, -0.2) is 0 Å². The fourth-order valence-electron chi connectivity index (χ4n) is 7.49. The molecule has 0 bridgehead atoms.